The third-order valence-corrected chi connectivity index (χ3v) is 5.45. The van der Waals surface area contributed by atoms with Gasteiger partial charge in [0, 0.05) is 16.7 Å². The standard InChI is InChI=1S/C24H26BrN3O5/c1-4-10-28-23(30)19(27-24(28)31)11-16-12-20(32-5-2)21(13-18(16)25)33-14-22(29)26-17-8-6-15(3)7-9-17/h6-9,11-13H,4-5,10,14H2,1-3H3,(H,26,29)(H,27,31)/b19-11+. The minimum atomic E-state index is -0.436. The van der Waals surface area contributed by atoms with Gasteiger partial charge >= 0.3 is 6.03 Å². The second-order valence-corrected chi connectivity index (χ2v) is 8.26. The van der Waals surface area contributed by atoms with Gasteiger partial charge in [-0.3, -0.25) is 14.5 Å². The first-order chi connectivity index (χ1) is 15.8. The van der Waals surface area contributed by atoms with Gasteiger partial charge < -0.3 is 20.1 Å². The number of carbonyl (C=O) groups is 3. The van der Waals surface area contributed by atoms with Crippen molar-refractivity contribution in [2.75, 3.05) is 25.1 Å². The second kappa shape index (κ2) is 11.0. The molecule has 0 radical (unpaired) electrons. The van der Waals surface area contributed by atoms with Crippen molar-refractivity contribution in [3.63, 3.8) is 0 Å². The predicted molar refractivity (Wildman–Crippen MR) is 129 cm³/mol. The quantitative estimate of drug-likeness (QED) is 0.379. The number of hydrogen-bond acceptors (Lipinski definition) is 5. The minimum absolute atomic E-state index is 0.183. The Kier molecular flexibility index (Phi) is 8.11. The predicted octanol–water partition coefficient (Wildman–Crippen LogP) is 4.48. The Labute approximate surface area is 201 Å². The number of anilines is 1. The van der Waals surface area contributed by atoms with Crippen molar-refractivity contribution in [1.29, 1.82) is 0 Å². The highest BCUT2D eigenvalue weighted by molar-refractivity contribution is 9.10. The molecule has 33 heavy (non-hydrogen) atoms. The number of benzene rings is 2. The van der Waals surface area contributed by atoms with Gasteiger partial charge in [0.25, 0.3) is 11.8 Å². The zero-order chi connectivity index (χ0) is 24.0. The van der Waals surface area contributed by atoms with E-state index in [0.717, 1.165) is 5.56 Å². The molecule has 0 aliphatic carbocycles. The maximum absolute atomic E-state index is 12.5. The van der Waals surface area contributed by atoms with Crippen LogP contribution >= 0.6 is 15.9 Å². The van der Waals surface area contributed by atoms with Crippen LogP contribution in [0.5, 0.6) is 11.5 Å². The Morgan fingerprint density at radius 2 is 1.82 bits per heavy atom. The number of urea groups is 1. The monoisotopic (exact) mass is 515 g/mol. The third-order valence-electron chi connectivity index (χ3n) is 4.77. The fourth-order valence-corrected chi connectivity index (χ4v) is 3.61. The van der Waals surface area contributed by atoms with Crippen LogP contribution in [0.3, 0.4) is 0 Å². The summed E-state index contributed by atoms with van der Waals surface area (Å²) in [5.74, 6) is 0.107. The number of hydrogen-bond donors (Lipinski definition) is 2. The normalized spacial score (nSPS) is 14.4. The number of ether oxygens (including phenoxy) is 2. The summed E-state index contributed by atoms with van der Waals surface area (Å²) in [6.07, 6.45) is 2.25. The number of halogens is 1. The lowest BCUT2D eigenvalue weighted by Crippen LogP contribution is -2.31. The Balaban J connectivity index is 1.75. The highest BCUT2D eigenvalue weighted by atomic mass is 79.9. The maximum Gasteiger partial charge on any atom is 0.329 e. The number of imide groups is 1. The lowest BCUT2D eigenvalue weighted by Gasteiger charge is -2.14. The molecule has 174 valence electrons. The molecule has 0 spiro atoms. The van der Waals surface area contributed by atoms with E-state index in [9.17, 15) is 14.4 Å². The zero-order valence-electron chi connectivity index (χ0n) is 18.7. The smallest absolute Gasteiger partial charge is 0.329 e. The van der Waals surface area contributed by atoms with Gasteiger partial charge in [-0.2, -0.15) is 0 Å². The Morgan fingerprint density at radius 1 is 1.12 bits per heavy atom. The number of rotatable bonds is 9. The molecule has 4 amide bonds. The van der Waals surface area contributed by atoms with Crippen LogP contribution in [0.4, 0.5) is 10.5 Å². The molecule has 9 heteroatoms. The van der Waals surface area contributed by atoms with E-state index in [1.807, 2.05) is 45.0 Å². The van der Waals surface area contributed by atoms with Crippen LogP contribution in [0, 0.1) is 6.92 Å². The largest absolute Gasteiger partial charge is 0.490 e. The van der Waals surface area contributed by atoms with Crippen LogP contribution in [-0.2, 0) is 9.59 Å². The molecule has 0 saturated carbocycles. The van der Waals surface area contributed by atoms with Gasteiger partial charge in [-0.1, -0.05) is 40.5 Å². The van der Waals surface area contributed by atoms with Gasteiger partial charge in [-0.05, 0) is 56.2 Å². The van der Waals surface area contributed by atoms with Crippen LogP contribution in [0.25, 0.3) is 6.08 Å². The minimum Gasteiger partial charge on any atom is -0.490 e. The van der Waals surface area contributed by atoms with E-state index in [0.29, 0.717) is 46.8 Å². The summed E-state index contributed by atoms with van der Waals surface area (Å²) in [5.41, 5.74) is 2.59. The Hall–Kier alpha value is -3.33. The highest BCUT2D eigenvalue weighted by Crippen LogP contribution is 2.35. The Bertz CT molecular complexity index is 1080. The third kappa shape index (κ3) is 6.13. The Morgan fingerprint density at radius 3 is 2.48 bits per heavy atom. The van der Waals surface area contributed by atoms with Gasteiger partial charge in [-0.25, -0.2) is 4.79 Å². The summed E-state index contributed by atoms with van der Waals surface area (Å²) >= 11 is 3.47. The van der Waals surface area contributed by atoms with E-state index in [1.165, 1.54) is 4.90 Å². The first-order valence-corrected chi connectivity index (χ1v) is 11.4. The van der Waals surface area contributed by atoms with Gasteiger partial charge in [0.05, 0.1) is 6.61 Å². The van der Waals surface area contributed by atoms with Crippen molar-refractivity contribution >= 4 is 45.5 Å². The zero-order valence-corrected chi connectivity index (χ0v) is 20.3. The van der Waals surface area contributed by atoms with E-state index in [-0.39, 0.29) is 24.1 Å². The van der Waals surface area contributed by atoms with Crippen molar-refractivity contribution in [1.82, 2.24) is 10.2 Å². The molecule has 0 bridgehead atoms. The van der Waals surface area contributed by atoms with Crippen molar-refractivity contribution in [2.24, 2.45) is 0 Å². The molecule has 1 saturated heterocycles. The van der Waals surface area contributed by atoms with Gasteiger partial charge in [-0.15, -0.1) is 0 Å². The molecule has 1 fully saturated rings. The lowest BCUT2D eigenvalue weighted by atomic mass is 10.1. The van der Waals surface area contributed by atoms with Crippen LogP contribution < -0.4 is 20.1 Å². The first-order valence-electron chi connectivity index (χ1n) is 10.6. The van der Waals surface area contributed by atoms with E-state index in [4.69, 9.17) is 9.47 Å². The van der Waals surface area contributed by atoms with Crippen LogP contribution in [0.1, 0.15) is 31.4 Å². The summed E-state index contributed by atoms with van der Waals surface area (Å²) in [5, 5.41) is 5.38. The maximum atomic E-state index is 12.5. The molecular formula is C24H26BrN3O5. The number of aryl methyl sites for hydroxylation is 1. The topological polar surface area (TPSA) is 97.0 Å². The summed E-state index contributed by atoms with van der Waals surface area (Å²) in [6, 6.07) is 10.4. The fraction of sp³-hybridized carbons (Fsp3) is 0.292. The van der Waals surface area contributed by atoms with Crippen LogP contribution in [0.15, 0.2) is 46.6 Å². The van der Waals surface area contributed by atoms with Crippen LogP contribution in [-0.4, -0.2) is 42.5 Å². The molecule has 1 aliphatic heterocycles. The molecule has 0 aromatic heterocycles. The van der Waals surface area contributed by atoms with E-state index >= 15 is 0 Å². The molecule has 2 aromatic rings. The molecule has 3 rings (SSSR count). The SMILES string of the molecule is CCCN1C(=O)N/C(=C/c2cc(OCC)c(OCC(=O)Nc3ccc(C)cc3)cc2Br)C1=O. The van der Waals surface area contributed by atoms with Crippen molar-refractivity contribution in [3.05, 3.63) is 57.7 Å². The molecule has 1 aliphatic rings. The van der Waals surface area contributed by atoms with Crippen molar-refractivity contribution < 1.29 is 23.9 Å². The van der Waals surface area contributed by atoms with Gasteiger partial charge in [0.15, 0.2) is 18.1 Å². The number of nitrogens with zero attached hydrogens (tertiary/aromatic N) is 1. The van der Waals surface area contributed by atoms with Crippen molar-refractivity contribution in [2.45, 2.75) is 27.2 Å². The molecular weight excluding hydrogens is 490 g/mol. The average Bonchev–Trinajstić information content (AvgIpc) is 3.04. The van der Waals surface area contributed by atoms with Gasteiger partial charge in [0.2, 0.25) is 0 Å². The molecule has 1 heterocycles. The average molecular weight is 516 g/mol. The molecule has 0 atom stereocenters. The van der Waals surface area contributed by atoms with E-state index < -0.39 is 6.03 Å². The molecule has 2 N–H and O–H groups in total. The van der Waals surface area contributed by atoms with Crippen LogP contribution in [0.2, 0.25) is 0 Å². The number of amides is 4. The molecule has 8 nitrogen and oxygen atoms in total. The summed E-state index contributed by atoms with van der Waals surface area (Å²) < 4.78 is 12.0. The summed E-state index contributed by atoms with van der Waals surface area (Å²) in [6.45, 7) is 6.22. The number of nitrogens with one attached hydrogen (secondary N) is 2. The van der Waals surface area contributed by atoms with Crippen molar-refractivity contribution in [3.8, 4) is 11.5 Å². The first kappa shape index (κ1) is 24.3. The molecule has 0 unspecified atom stereocenters. The van der Waals surface area contributed by atoms with Gasteiger partial charge in [0.1, 0.15) is 5.70 Å². The highest BCUT2D eigenvalue weighted by Gasteiger charge is 2.32. The lowest BCUT2D eigenvalue weighted by molar-refractivity contribution is -0.123. The summed E-state index contributed by atoms with van der Waals surface area (Å²) in [4.78, 5) is 38.0. The fourth-order valence-electron chi connectivity index (χ4n) is 3.17. The molecule has 2 aromatic carbocycles. The number of carbonyl (C=O) groups excluding carboxylic acids is 3. The van der Waals surface area contributed by atoms with E-state index in [2.05, 4.69) is 26.6 Å². The second-order valence-electron chi connectivity index (χ2n) is 7.40. The summed E-state index contributed by atoms with van der Waals surface area (Å²) in [7, 11) is 0. The van der Waals surface area contributed by atoms with E-state index in [1.54, 1.807) is 18.2 Å².